The number of carbonyl (C=O) groups is 1. The maximum absolute atomic E-state index is 13.3. The van der Waals surface area contributed by atoms with Crippen LogP contribution in [-0.4, -0.2) is 17.2 Å². The van der Waals surface area contributed by atoms with E-state index < -0.39 is 11.8 Å². The van der Waals surface area contributed by atoms with Crippen molar-refractivity contribution in [1.82, 2.24) is 0 Å². The van der Waals surface area contributed by atoms with Gasteiger partial charge in [0.05, 0.1) is 11.7 Å². The first kappa shape index (κ1) is 11.8. The number of ether oxygens (including phenoxy) is 1. The molecule has 0 saturated heterocycles. The van der Waals surface area contributed by atoms with Crippen molar-refractivity contribution >= 4 is 17.6 Å². The second-order valence-corrected chi connectivity index (χ2v) is 3.59. The van der Waals surface area contributed by atoms with Crippen molar-refractivity contribution in [2.45, 2.75) is 20.0 Å². The van der Waals surface area contributed by atoms with E-state index in [1.165, 1.54) is 0 Å². The summed E-state index contributed by atoms with van der Waals surface area (Å²) in [5, 5.41) is 8.54. The molecule has 0 unspecified atom stereocenters. The molecule has 0 fully saturated rings. The first-order chi connectivity index (χ1) is 6.93. The maximum Gasteiger partial charge on any atom is 0.337 e. The molecule has 1 N–H and O–H groups in total. The van der Waals surface area contributed by atoms with Crippen molar-refractivity contribution in [3.8, 4) is 5.75 Å². The van der Waals surface area contributed by atoms with Gasteiger partial charge in [0.15, 0.2) is 11.6 Å². The quantitative estimate of drug-likeness (QED) is 0.872. The summed E-state index contributed by atoms with van der Waals surface area (Å²) in [5.41, 5.74) is -0.172. The second-order valence-electron chi connectivity index (χ2n) is 3.21. The van der Waals surface area contributed by atoms with Gasteiger partial charge in [-0.15, -0.1) is 0 Å². The molecule has 0 aliphatic heterocycles. The van der Waals surface area contributed by atoms with Crippen LogP contribution in [0.25, 0.3) is 0 Å². The van der Waals surface area contributed by atoms with Crippen LogP contribution in [0.2, 0.25) is 5.02 Å². The molecule has 0 bridgehead atoms. The fraction of sp³-hybridized carbons (Fsp3) is 0.300. The van der Waals surface area contributed by atoms with Crippen LogP contribution in [0.15, 0.2) is 12.1 Å². The summed E-state index contributed by atoms with van der Waals surface area (Å²) >= 11 is 5.71. The largest absolute Gasteiger partial charge is 0.486 e. The molecule has 0 aliphatic carbocycles. The zero-order valence-electron chi connectivity index (χ0n) is 8.25. The molecule has 1 rings (SSSR count). The Hall–Kier alpha value is -1.29. The van der Waals surface area contributed by atoms with E-state index in [9.17, 15) is 9.18 Å². The highest BCUT2D eigenvalue weighted by molar-refractivity contribution is 6.35. The molecule has 0 aliphatic rings. The summed E-state index contributed by atoms with van der Waals surface area (Å²) in [4.78, 5) is 10.7. The van der Waals surface area contributed by atoms with Gasteiger partial charge in [-0.3, -0.25) is 0 Å². The van der Waals surface area contributed by atoms with E-state index in [-0.39, 0.29) is 22.4 Å². The summed E-state index contributed by atoms with van der Waals surface area (Å²) < 4.78 is 18.3. The third-order valence-electron chi connectivity index (χ3n) is 1.63. The van der Waals surface area contributed by atoms with Gasteiger partial charge in [-0.2, -0.15) is 0 Å². The molecule has 0 spiro atoms. The fourth-order valence-corrected chi connectivity index (χ4v) is 1.32. The third kappa shape index (κ3) is 2.59. The monoisotopic (exact) mass is 232 g/mol. The summed E-state index contributed by atoms with van der Waals surface area (Å²) in [5.74, 6) is -2.10. The molecule has 0 heterocycles. The van der Waals surface area contributed by atoms with Crippen LogP contribution >= 0.6 is 11.6 Å². The highest BCUT2D eigenvalue weighted by atomic mass is 35.5. The van der Waals surface area contributed by atoms with E-state index in [0.717, 1.165) is 12.1 Å². The SMILES string of the molecule is CC(C)Oc1c(F)ccc(C(=O)O)c1Cl. The standard InChI is InChI=1S/C10H10ClFO3/c1-5(2)15-9-7(12)4-3-6(8(9)11)10(13)14/h3-5H,1-2H3,(H,13,14). The Morgan fingerprint density at radius 1 is 1.53 bits per heavy atom. The fourth-order valence-electron chi connectivity index (χ4n) is 1.04. The van der Waals surface area contributed by atoms with Gasteiger partial charge in [-0.1, -0.05) is 11.6 Å². The van der Waals surface area contributed by atoms with Gasteiger partial charge in [0, 0.05) is 0 Å². The van der Waals surface area contributed by atoms with Gasteiger partial charge < -0.3 is 9.84 Å². The van der Waals surface area contributed by atoms with E-state index in [1.54, 1.807) is 13.8 Å². The molecule has 0 atom stereocenters. The normalized spacial score (nSPS) is 10.5. The van der Waals surface area contributed by atoms with Crippen LogP contribution in [0.5, 0.6) is 5.75 Å². The summed E-state index contributed by atoms with van der Waals surface area (Å²) in [6.07, 6.45) is -0.277. The predicted octanol–water partition coefficient (Wildman–Crippen LogP) is 2.96. The maximum atomic E-state index is 13.3. The molecule has 0 aromatic heterocycles. The average Bonchev–Trinajstić information content (AvgIpc) is 2.11. The minimum absolute atomic E-state index is 0.172. The molecule has 15 heavy (non-hydrogen) atoms. The second kappa shape index (κ2) is 4.49. The van der Waals surface area contributed by atoms with Crippen LogP contribution in [0.1, 0.15) is 24.2 Å². The highest BCUT2D eigenvalue weighted by Crippen LogP contribution is 2.31. The molecule has 3 nitrogen and oxygen atoms in total. The minimum atomic E-state index is -1.21. The Bertz CT molecular complexity index is 390. The zero-order valence-corrected chi connectivity index (χ0v) is 9.01. The summed E-state index contributed by atoms with van der Waals surface area (Å²) in [7, 11) is 0. The lowest BCUT2D eigenvalue weighted by Gasteiger charge is -2.13. The predicted molar refractivity (Wildman–Crippen MR) is 54.1 cm³/mol. The van der Waals surface area contributed by atoms with Gasteiger partial charge >= 0.3 is 5.97 Å². The molecule has 1 aromatic carbocycles. The van der Waals surface area contributed by atoms with Crippen molar-refractivity contribution in [3.63, 3.8) is 0 Å². The topological polar surface area (TPSA) is 46.5 Å². The Morgan fingerprint density at radius 2 is 2.13 bits per heavy atom. The number of carboxylic acid groups (broad SMARTS) is 1. The van der Waals surface area contributed by atoms with E-state index in [2.05, 4.69) is 0 Å². The van der Waals surface area contributed by atoms with Crippen molar-refractivity contribution in [1.29, 1.82) is 0 Å². The van der Waals surface area contributed by atoms with Crippen molar-refractivity contribution in [3.05, 3.63) is 28.5 Å². The summed E-state index contributed by atoms with van der Waals surface area (Å²) in [6, 6.07) is 2.13. The average molecular weight is 233 g/mol. The molecule has 0 radical (unpaired) electrons. The molecular formula is C10H10ClFO3. The van der Waals surface area contributed by atoms with E-state index in [4.69, 9.17) is 21.4 Å². The first-order valence-corrected chi connectivity index (χ1v) is 4.69. The Morgan fingerprint density at radius 3 is 2.60 bits per heavy atom. The van der Waals surface area contributed by atoms with Gasteiger partial charge in [0.25, 0.3) is 0 Å². The minimum Gasteiger partial charge on any atom is -0.486 e. The first-order valence-electron chi connectivity index (χ1n) is 4.31. The molecule has 0 amide bonds. The van der Waals surface area contributed by atoms with Crippen LogP contribution in [0, 0.1) is 5.82 Å². The number of carboxylic acids is 1. The lowest BCUT2D eigenvalue weighted by Crippen LogP contribution is -2.09. The third-order valence-corrected chi connectivity index (χ3v) is 2.01. The number of aromatic carboxylic acids is 1. The number of rotatable bonds is 3. The zero-order chi connectivity index (χ0) is 11.6. The van der Waals surface area contributed by atoms with E-state index in [1.807, 2.05) is 0 Å². The lowest BCUT2D eigenvalue weighted by molar-refractivity contribution is 0.0696. The lowest BCUT2D eigenvalue weighted by atomic mass is 10.2. The van der Waals surface area contributed by atoms with Gasteiger partial charge in [-0.05, 0) is 26.0 Å². The number of hydrogen-bond acceptors (Lipinski definition) is 2. The van der Waals surface area contributed by atoms with Gasteiger partial charge in [0.2, 0.25) is 0 Å². The Balaban J connectivity index is 3.24. The number of hydrogen-bond donors (Lipinski definition) is 1. The molecule has 0 saturated carbocycles. The smallest absolute Gasteiger partial charge is 0.337 e. The number of benzene rings is 1. The van der Waals surface area contributed by atoms with Crippen LogP contribution in [-0.2, 0) is 0 Å². The van der Waals surface area contributed by atoms with Gasteiger partial charge in [0.1, 0.15) is 5.02 Å². The van der Waals surface area contributed by atoms with Crippen LogP contribution in [0.4, 0.5) is 4.39 Å². The molecule has 1 aromatic rings. The molecule has 82 valence electrons. The molecular weight excluding hydrogens is 223 g/mol. The van der Waals surface area contributed by atoms with Crippen molar-refractivity contribution in [2.24, 2.45) is 0 Å². The van der Waals surface area contributed by atoms with Crippen molar-refractivity contribution in [2.75, 3.05) is 0 Å². The van der Waals surface area contributed by atoms with Crippen molar-refractivity contribution < 1.29 is 19.0 Å². The van der Waals surface area contributed by atoms with E-state index in [0.29, 0.717) is 0 Å². The highest BCUT2D eigenvalue weighted by Gasteiger charge is 2.18. The van der Waals surface area contributed by atoms with Crippen LogP contribution < -0.4 is 4.74 Å². The van der Waals surface area contributed by atoms with Crippen LogP contribution in [0.3, 0.4) is 0 Å². The van der Waals surface area contributed by atoms with Gasteiger partial charge in [-0.25, -0.2) is 9.18 Å². The van der Waals surface area contributed by atoms with E-state index >= 15 is 0 Å². The number of halogens is 2. The summed E-state index contributed by atoms with van der Waals surface area (Å²) in [6.45, 7) is 3.40. The molecule has 5 heteroatoms. The Labute approximate surface area is 91.4 Å². The Kier molecular flexibility index (Phi) is 3.52.